The first-order valence-electron chi connectivity index (χ1n) is 13.6. The second kappa shape index (κ2) is 12.9. The smallest absolute Gasteiger partial charge is 0.0521 e. The molecule has 0 saturated carbocycles. The van der Waals surface area contributed by atoms with Crippen LogP contribution in [0.25, 0.3) is 53.8 Å². The number of rotatable bonds is 3. The summed E-state index contributed by atoms with van der Waals surface area (Å²) in [5.74, 6) is 0. The predicted molar refractivity (Wildman–Crippen MR) is 172 cm³/mol. The average molecular weight is 740 g/mol. The van der Waals surface area contributed by atoms with Gasteiger partial charge < -0.3 is 15.0 Å². The summed E-state index contributed by atoms with van der Waals surface area (Å²) < 4.78 is 2.52. The number of aryl methyl sites for hydroxylation is 4. The predicted octanol–water partition coefficient (Wildman–Crippen LogP) is 9.76. The normalized spacial score (nSPS) is 10.7. The monoisotopic (exact) mass is 740 g/mol. The van der Waals surface area contributed by atoms with Crippen LogP contribution in [0.4, 0.5) is 0 Å². The van der Waals surface area contributed by atoms with Crippen molar-refractivity contribution in [3.05, 3.63) is 138 Å². The third-order valence-corrected chi connectivity index (χ3v) is 8.50. The van der Waals surface area contributed by atoms with Gasteiger partial charge in [-0.25, -0.2) is 0 Å². The number of hydrogen-bond donors (Lipinski definition) is 0. The Balaban J connectivity index is 0.000000164. The Labute approximate surface area is 264 Å². The molecule has 0 spiro atoms. The molecule has 0 N–H and O–H groups in total. The number of fused-ring (bicyclic) bond motifs is 3. The van der Waals surface area contributed by atoms with Crippen molar-refractivity contribution < 1.29 is 20.1 Å². The first kappa shape index (κ1) is 29.5. The molecule has 0 unspecified atom stereocenters. The summed E-state index contributed by atoms with van der Waals surface area (Å²) in [6, 6.07) is 32.8. The van der Waals surface area contributed by atoms with Gasteiger partial charge in [-0.1, -0.05) is 91.8 Å². The number of pyridine rings is 3. The van der Waals surface area contributed by atoms with Gasteiger partial charge in [0.15, 0.2) is 0 Å². The van der Waals surface area contributed by atoms with E-state index in [-0.39, 0.29) is 20.1 Å². The Hall–Kier alpha value is -4.02. The van der Waals surface area contributed by atoms with Gasteiger partial charge in [0.1, 0.15) is 0 Å². The quantitative estimate of drug-likeness (QED) is 0.170. The zero-order valence-corrected chi connectivity index (χ0v) is 27.1. The second-order valence-electron chi connectivity index (χ2n) is 10.2. The minimum Gasteiger partial charge on any atom is -0.360 e. The van der Waals surface area contributed by atoms with E-state index in [1.165, 1.54) is 48.0 Å². The van der Waals surface area contributed by atoms with Crippen LogP contribution in [0.15, 0.2) is 104 Å². The summed E-state index contributed by atoms with van der Waals surface area (Å²) in [6.07, 6.45) is 8.70. The molecule has 0 fully saturated rings. The molecule has 0 aliphatic heterocycles. The van der Waals surface area contributed by atoms with Gasteiger partial charge in [-0.05, 0) is 59.4 Å². The molecule has 3 aromatic carbocycles. The molecule has 4 heterocycles. The number of hydrogen-bond acceptors (Lipinski definition) is 4. The van der Waals surface area contributed by atoms with Crippen LogP contribution in [0.5, 0.6) is 0 Å². The van der Waals surface area contributed by atoms with Crippen LogP contribution in [0.3, 0.4) is 0 Å². The summed E-state index contributed by atoms with van der Waals surface area (Å²) in [4.78, 5) is 13.2. The fraction of sp³-hybridized carbons (Fsp3) is 0.108. The first-order valence-corrected chi connectivity index (χ1v) is 14.4. The Morgan fingerprint density at radius 1 is 0.643 bits per heavy atom. The van der Waals surface area contributed by atoms with E-state index in [1.54, 1.807) is 17.5 Å². The van der Waals surface area contributed by atoms with Gasteiger partial charge in [0.25, 0.3) is 0 Å². The largest absolute Gasteiger partial charge is 0.360 e. The molecule has 1 radical (unpaired) electrons. The maximum atomic E-state index is 4.57. The van der Waals surface area contributed by atoms with Crippen LogP contribution in [0, 0.1) is 40.0 Å². The Bertz CT molecular complexity index is 2000. The van der Waals surface area contributed by atoms with Gasteiger partial charge in [0.05, 0.1) is 4.70 Å². The molecule has 209 valence electrons. The van der Waals surface area contributed by atoms with Crippen LogP contribution in [-0.4, -0.2) is 15.0 Å². The van der Waals surface area contributed by atoms with E-state index in [2.05, 4.69) is 128 Å². The molecule has 0 atom stereocenters. The van der Waals surface area contributed by atoms with E-state index in [4.69, 9.17) is 0 Å². The molecule has 5 heteroatoms. The SMILES string of the molecule is Cc1ccn[c-]c1-c1cc2c(cn1)sc1ccccc12.Cc1cnc(-c2[c-]cc(C)c(-c3ccccc3)c2)cc1C.[Ir]. The molecule has 0 saturated heterocycles. The summed E-state index contributed by atoms with van der Waals surface area (Å²) >= 11 is 1.78. The Kier molecular flexibility index (Phi) is 9.03. The number of thiophene rings is 1. The van der Waals surface area contributed by atoms with Gasteiger partial charge in [-0.2, -0.15) is 0 Å². The van der Waals surface area contributed by atoms with Crippen molar-refractivity contribution in [1.82, 2.24) is 15.0 Å². The van der Waals surface area contributed by atoms with E-state index in [0.717, 1.165) is 28.1 Å². The molecule has 0 aliphatic carbocycles. The fourth-order valence-corrected chi connectivity index (χ4v) is 5.92. The summed E-state index contributed by atoms with van der Waals surface area (Å²) in [5, 5.41) is 2.55. The van der Waals surface area contributed by atoms with Gasteiger partial charge in [-0.15, -0.1) is 57.9 Å². The number of nitrogens with zero attached hydrogens (tertiary/aromatic N) is 3. The van der Waals surface area contributed by atoms with Crippen LogP contribution >= 0.6 is 11.3 Å². The van der Waals surface area contributed by atoms with Crippen molar-refractivity contribution in [1.29, 1.82) is 0 Å². The van der Waals surface area contributed by atoms with Gasteiger partial charge in [0.2, 0.25) is 0 Å². The van der Waals surface area contributed by atoms with Crippen molar-refractivity contribution in [3.8, 4) is 33.6 Å². The van der Waals surface area contributed by atoms with Crippen molar-refractivity contribution in [2.75, 3.05) is 0 Å². The summed E-state index contributed by atoms with van der Waals surface area (Å²) in [5.41, 5.74) is 11.3. The van der Waals surface area contributed by atoms with Crippen LogP contribution in [0.2, 0.25) is 0 Å². The first-order chi connectivity index (χ1) is 20.0. The molecular weight excluding hydrogens is 711 g/mol. The maximum absolute atomic E-state index is 4.57. The zero-order valence-electron chi connectivity index (χ0n) is 23.9. The fourth-order valence-electron chi connectivity index (χ4n) is 4.86. The standard InChI is InChI=1S/C20H18N.C17H11N2S.Ir/c1-14-9-10-18(20-11-15(2)16(3)13-21-20)12-19(14)17-7-5-4-6-8-17;1-11-6-7-18-9-14(11)15-8-13-12-4-2-3-5-16(12)20-17(13)10-19-15;/h4-9,11-13H,1-3H3;2-8,10H,1H3;/q2*-1;. The van der Waals surface area contributed by atoms with Crippen molar-refractivity contribution in [2.24, 2.45) is 0 Å². The van der Waals surface area contributed by atoms with E-state index in [0.29, 0.717) is 0 Å². The molecule has 7 rings (SSSR count). The molecular formula is C37H29IrN3S-2. The molecule has 0 aliphatic rings. The Morgan fingerprint density at radius 2 is 1.40 bits per heavy atom. The number of aromatic nitrogens is 3. The third-order valence-electron chi connectivity index (χ3n) is 7.38. The van der Waals surface area contributed by atoms with Crippen LogP contribution < -0.4 is 0 Å². The van der Waals surface area contributed by atoms with Crippen molar-refractivity contribution >= 4 is 31.5 Å². The molecule has 7 aromatic rings. The van der Waals surface area contributed by atoms with Gasteiger partial charge >= 0.3 is 0 Å². The van der Waals surface area contributed by atoms with Gasteiger partial charge in [-0.3, -0.25) is 0 Å². The van der Waals surface area contributed by atoms with E-state index in [9.17, 15) is 0 Å². The molecule has 0 amide bonds. The molecule has 3 nitrogen and oxygen atoms in total. The second-order valence-corrected chi connectivity index (χ2v) is 11.3. The minimum atomic E-state index is 0. The summed E-state index contributed by atoms with van der Waals surface area (Å²) in [7, 11) is 0. The van der Waals surface area contributed by atoms with E-state index >= 15 is 0 Å². The molecule has 42 heavy (non-hydrogen) atoms. The van der Waals surface area contributed by atoms with Crippen LogP contribution in [-0.2, 0) is 20.1 Å². The maximum Gasteiger partial charge on any atom is 0.0521 e. The summed E-state index contributed by atoms with van der Waals surface area (Å²) in [6.45, 7) is 8.38. The zero-order chi connectivity index (χ0) is 28.3. The van der Waals surface area contributed by atoms with Crippen molar-refractivity contribution in [3.63, 3.8) is 0 Å². The molecule has 4 aromatic heterocycles. The van der Waals surface area contributed by atoms with Gasteiger partial charge in [0, 0.05) is 37.2 Å². The van der Waals surface area contributed by atoms with E-state index < -0.39 is 0 Å². The topological polar surface area (TPSA) is 38.7 Å². The third kappa shape index (κ3) is 6.10. The number of benzene rings is 3. The minimum absolute atomic E-state index is 0. The molecule has 0 bridgehead atoms. The van der Waals surface area contributed by atoms with Crippen LogP contribution in [0.1, 0.15) is 22.3 Å². The Morgan fingerprint density at radius 3 is 2.19 bits per heavy atom. The van der Waals surface area contributed by atoms with Crippen molar-refractivity contribution in [2.45, 2.75) is 27.7 Å². The van der Waals surface area contributed by atoms with E-state index in [1.807, 2.05) is 24.5 Å². The average Bonchev–Trinajstić information content (AvgIpc) is 3.38.